The van der Waals surface area contributed by atoms with Gasteiger partial charge in [-0.3, -0.25) is 14.4 Å². The van der Waals surface area contributed by atoms with Crippen LogP contribution in [0.2, 0.25) is 0 Å². The zero-order chi connectivity index (χ0) is 25.9. The molecule has 1 atom stereocenters. The standard InChI is InChI=1S/C25H23N3O6S2/c1-2-34-22(32)14-18-15-35-25(27-18)28-24(33)23(16-6-4-3-5-7-16)36-19-10-8-17(9-11-19)26-20(29)12-13-21(30)31/h3-13,15,23H,2,14H2,1H3,(H,26,29)(H,30,31)(H,27,28,33)/b13-12+. The molecule has 0 bridgehead atoms. The average Bonchev–Trinajstić information content (AvgIpc) is 3.29. The van der Waals surface area contributed by atoms with Gasteiger partial charge in [-0.2, -0.15) is 0 Å². The van der Waals surface area contributed by atoms with Crippen LogP contribution in [0.15, 0.2) is 77.0 Å². The predicted octanol–water partition coefficient (Wildman–Crippen LogP) is 4.30. The number of ether oxygens (including phenoxy) is 1. The molecule has 0 saturated heterocycles. The maximum Gasteiger partial charge on any atom is 0.328 e. The van der Waals surface area contributed by atoms with Gasteiger partial charge in [0.1, 0.15) is 5.25 Å². The number of hydrogen-bond donors (Lipinski definition) is 3. The van der Waals surface area contributed by atoms with Crippen molar-refractivity contribution in [2.24, 2.45) is 0 Å². The van der Waals surface area contributed by atoms with Crippen LogP contribution in [0, 0.1) is 0 Å². The molecule has 186 valence electrons. The van der Waals surface area contributed by atoms with E-state index in [0.29, 0.717) is 16.5 Å². The first-order valence-electron chi connectivity index (χ1n) is 10.8. The Bertz CT molecular complexity index is 1240. The lowest BCUT2D eigenvalue weighted by molar-refractivity contribution is -0.142. The van der Waals surface area contributed by atoms with Gasteiger partial charge < -0.3 is 20.5 Å². The SMILES string of the molecule is CCOC(=O)Cc1csc(NC(=O)C(Sc2ccc(NC(=O)/C=C/C(=O)O)cc2)c2ccccc2)n1. The Kier molecular flexibility index (Phi) is 9.78. The number of nitrogens with one attached hydrogen (secondary N) is 2. The smallest absolute Gasteiger partial charge is 0.328 e. The number of aliphatic carboxylic acids is 1. The van der Waals surface area contributed by atoms with Crippen LogP contribution in [0.1, 0.15) is 23.4 Å². The molecule has 0 aliphatic carbocycles. The van der Waals surface area contributed by atoms with Crippen LogP contribution in [0.3, 0.4) is 0 Å². The van der Waals surface area contributed by atoms with Crippen molar-refractivity contribution in [2.45, 2.75) is 23.5 Å². The summed E-state index contributed by atoms with van der Waals surface area (Å²) in [6.45, 7) is 2.02. The van der Waals surface area contributed by atoms with Gasteiger partial charge in [-0.1, -0.05) is 30.3 Å². The maximum absolute atomic E-state index is 13.2. The number of thioether (sulfide) groups is 1. The molecule has 36 heavy (non-hydrogen) atoms. The van der Waals surface area contributed by atoms with Gasteiger partial charge in [0.15, 0.2) is 5.13 Å². The van der Waals surface area contributed by atoms with Crippen LogP contribution < -0.4 is 10.6 Å². The molecule has 0 aliphatic heterocycles. The summed E-state index contributed by atoms with van der Waals surface area (Å²) in [5.41, 5.74) is 1.80. The van der Waals surface area contributed by atoms with E-state index < -0.39 is 17.1 Å². The fourth-order valence-corrected chi connectivity index (χ4v) is 4.70. The molecule has 1 aromatic heterocycles. The number of carbonyl (C=O) groups is 4. The number of aromatic nitrogens is 1. The van der Waals surface area contributed by atoms with Gasteiger partial charge in [-0.25, -0.2) is 9.78 Å². The third-order valence-corrected chi connectivity index (χ3v) is 6.58. The summed E-state index contributed by atoms with van der Waals surface area (Å²) in [7, 11) is 0. The number of carboxylic acid groups (broad SMARTS) is 1. The van der Waals surface area contributed by atoms with Gasteiger partial charge in [-0.15, -0.1) is 23.1 Å². The summed E-state index contributed by atoms with van der Waals surface area (Å²) < 4.78 is 4.93. The van der Waals surface area contributed by atoms with E-state index >= 15 is 0 Å². The Morgan fingerprint density at radius 2 is 1.78 bits per heavy atom. The average molecular weight is 526 g/mol. The Morgan fingerprint density at radius 1 is 1.06 bits per heavy atom. The second kappa shape index (κ2) is 13.2. The fourth-order valence-electron chi connectivity index (χ4n) is 2.96. The minimum atomic E-state index is -1.21. The minimum Gasteiger partial charge on any atom is -0.478 e. The second-order valence-electron chi connectivity index (χ2n) is 7.21. The number of nitrogens with zero attached hydrogens (tertiary/aromatic N) is 1. The molecule has 0 aliphatic rings. The number of carbonyl (C=O) groups excluding carboxylic acids is 3. The number of esters is 1. The molecular weight excluding hydrogens is 502 g/mol. The predicted molar refractivity (Wildman–Crippen MR) is 138 cm³/mol. The van der Waals surface area contributed by atoms with E-state index in [-0.39, 0.29) is 24.9 Å². The maximum atomic E-state index is 13.2. The molecule has 1 unspecified atom stereocenters. The highest BCUT2D eigenvalue weighted by atomic mass is 32.2. The quantitative estimate of drug-likeness (QED) is 0.192. The number of anilines is 2. The molecule has 2 aromatic carbocycles. The molecule has 0 spiro atoms. The Balaban J connectivity index is 1.70. The van der Waals surface area contributed by atoms with Crippen molar-refractivity contribution in [3.63, 3.8) is 0 Å². The van der Waals surface area contributed by atoms with Crippen LogP contribution >= 0.6 is 23.1 Å². The summed E-state index contributed by atoms with van der Waals surface area (Å²) in [5, 5.41) is 15.5. The number of rotatable bonds is 11. The zero-order valence-electron chi connectivity index (χ0n) is 19.2. The first kappa shape index (κ1) is 26.6. The lowest BCUT2D eigenvalue weighted by Crippen LogP contribution is -2.19. The van der Waals surface area contributed by atoms with E-state index in [2.05, 4.69) is 15.6 Å². The summed E-state index contributed by atoms with van der Waals surface area (Å²) in [5.74, 6) is -2.43. The van der Waals surface area contributed by atoms with Crippen molar-refractivity contribution in [2.75, 3.05) is 17.2 Å². The van der Waals surface area contributed by atoms with Crippen molar-refractivity contribution in [1.29, 1.82) is 0 Å². The number of thiazole rings is 1. The molecule has 0 fully saturated rings. The van der Waals surface area contributed by atoms with Gasteiger partial charge in [0.25, 0.3) is 0 Å². The largest absolute Gasteiger partial charge is 0.478 e. The third kappa shape index (κ3) is 8.36. The molecule has 0 radical (unpaired) electrons. The molecule has 11 heteroatoms. The van der Waals surface area contributed by atoms with E-state index in [4.69, 9.17) is 9.84 Å². The second-order valence-corrected chi connectivity index (χ2v) is 9.25. The van der Waals surface area contributed by atoms with Gasteiger partial charge in [0.05, 0.1) is 18.7 Å². The number of hydrogen-bond acceptors (Lipinski definition) is 8. The first-order chi connectivity index (χ1) is 17.3. The van der Waals surface area contributed by atoms with E-state index in [1.807, 2.05) is 30.3 Å². The van der Waals surface area contributed by atoms with Gasteiger partial charge in [0.2, 0.25) is 11.8 Å². The lowest BCUT2D eigenvalue weighted by atomic mass is 10.1. The molecule has 2 amide bonds. The van der Waals surface area contributed by atoms with Gasteiger partial charge in [-0.05, 0) is 36.8 Å². The molecule has 3 rings (SSSR count). The fraction of sp³-hybridized carbons (Fsp3) is 0.160. The van der Waals surface area contributed by atoms with Crippen molar-refractivity contribution in [1.82, 2.24) is 4.98 Å². The highest BCUT2D eigenvalue weighted by molar-refractivity contribution is 8.00. The summed E-state index contributed by atoms with van der Waals surface area (Å²) in [6, 6.07) is 16.1. The van der Waals surface area contributed by atoms with Gasteiger partial charge in [0, 0.05) is 28.1 Å². The van der Waals surface area contributed by atoms with E-state index in [9.17, 15) is 19.2 Å². The molecule has 1 heterocycles. The lowest BCUT2D eigenvalue weighted by Gasteiger charge is -2.16. The number of benzene rings is 2. The van der Waals surface area contributed by atoms with Gasteiger partial charge >= 0.3 is 11.9 Å². The van der Waals surface area contributed by atoms with Crippen LogP contribution in [-0.4, -0.2) is 40.5 Å². The first-order valence-corrected chi connectivity index (χ1v) is 12.5. The van der Waals surface area contributed by atoms with Crippen molar-refractivity contribution in [3.8, 4) is 0 Å². The monoisotopic (exact) mass is 525 g/mol. The minimum absolute atomic E-state index is 0.0338. The normalized spacial score (nSPS) is 11.6. The van der Waals surface area contributed by atoms with E-state index in [1.54, 1.807) is 36.6 Å². The van der Waals surface area contributed by atoms with Crippen LogP contribution in [0.5, 0.6) is 0 Å². The molecule has 0 saturated carbocycles. The molecule has 9 nitrogen and oxygen atoms in total. The third-order valence-electron chi connectivity index (χ3n) is 4.51. The number of amides is 2. The highest BCUT2D eigenvalue weighted by Gasteiger charge is 2.23. The van der Waals surface area contributed by atoms with E-state index in [1.165, 1.54) is 23.1 Å². The van der Waals surface area contributed by atoms with Crippen LogP contribution in [0.4, 0.5) is 10.8 Å². The van der Waals surface area contributed by atoms with Crippen molar-refractivity contribution >= 4 is 57.7 Å². The highest BCUT2D eigenvalue weighted by Crippen LogP contribution is 2.37. The van der Waals surface area contributed by atoms with Crippen LogP contribution in [-0.2, 0) is 30.3 Å². The Morgan fingerprint density at radius 3 is 2.44 bits per heavy atom. The summed E-state index contributed by atoms with van der Waals surface area (Å²) in [4.78, 5) is 52.3. The van der Waals surface area contributed by atoms with Crippen molar-refractivity contribution in [3.05, 3.63) is 83.4 Å². The van der Waals surface area contributed by atoms with Crippen LogP contribution in [0.25, 0.3) is 0 Å². The van der Waals surface area contributed by atoms with E-state index in [0.717, 1.165) is 22.6 Å². The molecule has 3 N–H and O–H groups in total. The molecule has 3 aromatic rings. The Hall–Kier alpha value is -3.96. The topological polar surface area (TPSA) is 135 Å². The molecular formula is C25H23N3O6S2. The summed E-state index contributed by atoms with van der Waals surface area (Å²) >= 11 is 2.55. The number of carboxylic acids is 1. The van der Waals surface area contributed by atoms with Crippen molar-refractivity contribution < 1.29 is 29.0 Å². The summed E-state index contributed by atoms with van der Waals surface area (Å²) in [6.07, 6.45) is 1.72. The zero-order valence-corrected chi connectivity index (χ0v) is 20.8. The Labute approximate surface area is 215 Å².